The van der Waals surface area contributed by atoms with Crippen molar-refractivity contribution in [1.29, 1.82) is 0 Å². The van der Waals surface area contributed by atoms with Gasteiger partial charge >= 0.3 is 0 Å². The van der Waals surface area contributed by atoms with E-state index < -0.39 is 0 Å². The smallest absolute Gasteiger partial charge is 0.135 e. The molecule has 0 bridgehead atoms. The van der Waals surface area contributed by atoms with Crippen molar-refractivity contribution >= 4 is 17.3 Å². The van der Waals surface area contributed by atoms with Crippen LogP contribution in [0.1, 0.15) is 16.7 Å². The molecule has 1 aromatic heterocycles. The van der Waals surface area contributed by atoms with E-state index in [2.05, 4.69) is 48.2 Å². The summed E-state index contributed by atoms with van der Waals surface area (Å²) in [5, 5.41) is 3.28. The monoisotopic (exact) mass is 228 g/mol. The first-order valence-corrected chi connectivity index (χ1v) is 5.48. The molecule has 4 heteroatoms. The zero-order chi connectivity index (χ0) is 12.4. The summed E-state index contributed by atoms with van der Waals surface area (Å²) in [6.07, 6.45) is 1.45. The number of hydrogen-bond donors (Lipinski definition) is 2. The second kappa shape index (κ2) is 4.41. The van der Waals surface area contributed by atoms with Gasteiger partial charge in [0.25, 0.3) is 0 Å². The van der Waals surface area contributed by atoms with Gasteiger partial charge < -0.3 is 11.1 Å². The topological polar surface area (TPSA) is 63.8 Å². The van der Waals surface area contributed by atoms with Gasteiger partial charge in [-0.15, -0.1) is 0 Å². The number of nitrogens with one attached hydrogen (secondary N) is 1. The first kappa shape index (κ1) is 11.4. The molecule has 1 aromatic carbocycles. The summed E-state index contributed by atoms with van der Waals surface area (Å²) >= 11 is 0. The molecule has 2 rings (SSSR count). The predicted octanol–water partition coefficient (Wildman–Crippen LogP) is 2.73. The van der Waals surface area contributed by atoms with Crippen LogP contribution in [0.3, 0.4) is 0 Å². The fourth-order valence-electron chi connectivity index (χ4n) is 1.95. The minimum atomic E-state index is 0.463. The molecule has 0 atom stereocenters. The number of anilines is 3. The Bertz CT molecular complexity index is 526. The molecule has 0 amide bonds. The van der Waals surface area contributed by atoms with Crippen LogP contribution in [0.2, 0.25) is 0 Å². The Balaban J connectivity index is 2.36. The lowest BCUT2D eigenvalue weighted by Gasteiger charge is -2.13. The molecule has 0 radical (unpaired) electrons. The number of hydrogen-bond acceptors (Lipinski definition) is 4. The summed E-state index contributed by atoms with van der Waals surface area (Å²) in [7, 11) is 0. The first-order valence-electron chi connectivity index (χ1n) is 5.48. The molecule has 0 fully saturated rings. The number of nitrogens with two attached hydrogens (primary N) is 1. The van der Waals surface area contributed by atoms with Crippen molar-refractivity contribution in [3.63, 3.8) is 0 Å². The van der Waals surface area contributed by atoms with Gasteiger partial charge in [-0.05, 0) is 31.9 Å². The SMILES string of the molecule is Cc1cc(C)c(Nc2cc(N)ncn2)c(C)c1. The average molecular weight is 228 g/mol. The summed E-state index contributed by atoms with van der Waals surface area (Å²) in [5.74, 6) is 1.18. The molecule has 2 aromatic rings. The molecule has 1 heterocycles. The molecule has 88 valence electrons. The van der Waals surface area contributed by atoms with E-state index in [0.29, 0.717) is 11.6 Å². The Morgan fingerprint density at radius 3 is 2.24 bits per heavy atom. The number of aryl methyl sites for hydroxylation is 3. The van der Waals surface area contributed by atoms with Gasteiger partial charge in [0, 0.05) is 11.8 Å². The summed E-state index contributed by atoms with van der Waals surface area (Å²) in [5.41, 5.74) is 10.3. The molecule has 3 N–H and O–H groups in total. The maximum absolute atomic E-state index is 5.62. The van der Waals surface area contributed by atoms with E-state index in [4.69, 9.17) is 5.73 Å². The third-order valence-electron chi connectivity index (χ3n) is 2.62. The highest BCUT2D eigenvalue weighted by atomic mass is 15.0. The van der Waals surface area contributed by atoms with Crippen molar-refractivity contribution in [3.8, 4) is 0 Å². The zero-order valence-electron chi connectivity index (χ0n) is 10.3. The second-order valence-electron chi connectivity index (χ2n) is 4.23. The fraction of sp³-hybridized carbons (Fsp3) is 0.231. The lowest BCUT2D eigenvalue weighted by atomic mass is 10.1. The molecular formula is C13H16N4. The van der Waals surface area contributed by atoms with E-state index in [9.17, 15) is 0 Å². The van der Waals surface area contributed by atoms with E-state index in [1.165, 1.54) is 23.0 Å². The Morgan fingerprint density at radius 2 is 1.65 bits per heavy atom. The molecule has 0 aliphatic rings. The van der Waals surface area contributed by atoms with Crippen molar-refractivity contribution in [2.75, 3.05) is 11.1 Å². The number of benzene rings is 1. The zero-order valence-corrected chi connectivity index (χ0v) is 10.3. The Morgan fingerprint density at radius 1 is 1.00 bits per heavy atom. The quantitative estimate of drug-likeness (QED) is 0.829. The van der Waals surface area contributed by atoms with Crippen LogP contribution in [0.25, 0.3) is 0 Å². The van der Waals surface area contributed by atoms with Crippen molar-refractivity contribution < 1.29 is 0 Å². The summed E-state index contributed by atoms with van der Waals surface area (Å²) in [4.78, 5) is 8.00. The third kappa shape index (κ3) is 2.53. The molecule has 17 heavy (non-hydrogen) atoms. The van der Waals surface area contributed by atoms with E-state index >= 15 is 0 Å². The molecule has 4 nitrogen and oxygen atoms in total. The average Bonchev–Trinajstić information content (AvgIpc) is 2.23. The number of nitrogens with zero attached hydrogens (tertiary/aromatic N) is 2. The molecular weight excluding hydrogens is 212 g/mol. The van der Waals surface area contributed by atoms with Crippen LogP contribution in [-0.4, -0.2) is 9.97 Å². The van der Waals surface area contributed by atoms with Crippen LogP contribution in [0.5, 0.6) is 0 Å². The van der Waals surface area contributed by atoms with Crippen LogP contribution in [0.15, 0.2) is 24.5 Å². The van der Waals surface area contributed by atoms with Crippen LogP contribution >= 0.6 is 0 Å². The summed E-state index contributed by atoms with van der Waals surface area (Å²) < 4.78 is 0. The number of rotatable bonds is 2. The highest BCUT2D eigenvalue weighted by Gasteiger charge is 2.05. The largest absolute Gasteiger partial charge is 0.384 e. The second-order valence-corrected chi connectivity index (χ2v) is 4.23. The maximum atomic E-state index is 5.62. The Labute approximate surface area is 101 Å². The maximum Gasteiger partial charge on any atom is 0.135 e. The lowest BCUT2D eigenvalue weighted by molar-refractivity contribution is 1.17. The van der Waals surface area contributed by atoms with E-state index in [1.807, 2.05) is 0 Å². The standard InChI is InChI=1S/C13H16N4/c1-8-4-9(2)13(10(3)5-8)17-12-6-11(14)15-7-16-12/h4-7H,1-3H3,(H3,14,15,16,17). The van der Waals surface area contributed by atoms with Gasteiger partial charge in [0.05, 0.1) is 0 Å². The van der Waals surface area contributed by atoms with Crippen molar-refractivity contribution in [2.45, 2.75) is 20.8 Å². The van der Waals surface area contributed by atoms with Crippen LogP contribution in [0.4, 0.5) is 17.3 Å². The van der Waals surface area contributed by atoms with Crippen LogP contribution in [-0.2, 0) is 0 Å². The number of nitrogen functional groups attached to an aromatic ring is 1. The normalized spacial score (nSPS) is 10.3. The van der Waals surface area contributed by atoms with Crippen molar-refractivity contribution in [1.82, 2.24) is 9.97 Å². The molecule has 0 unspecified atom stereocenters. The first-order chi connectivity index (χ1) is 8.06. The van der Waals surface area contributed by atoms with Crippen molar-refractivity contribution in [3.05, 3.63) is 41.2 Å². The highest BCUT2D eigenvalue weighted by Crippen LogP contribution is 2.25. The minimum Gasteiger partial charge on any atom is -0.384 e. The van der Waals surface area contributed by atoms with E-state index in [0.717, 1.165) is 5.69 Å². The molecule has 0 spiro atoms. The van der Waals surface area contributed by atoms with Gasteiger partial charge in [0.15, 0.2) is 0 Å². The van der Waals surface area contributed by atoms with Gasteiger partial charge in [-0.2, -0.15) is 0 Å². The van der Waals surface area contributed by atoms with E-state index in [1.54, 1.807) is 6.07 Å². The van der Waals surface area contributed by atoms with E-state index in [-0.39, 0.29) is 0 Å². The minimum absolute atomic E-state index is 0.463. The molecule has 0 aliphatic heterocycles. The van der Waals surface area contributed by atoms with Gasteiger partial charge in [-0.3, -0.25) is 0 Å². The highest BCUT2D eigenvalue weighted by molar-refractivity contribution is 5.66. The summed E-state index contributed by atoms with van der Waals surface area (Å²) in [6.45, 7) is 6.24. The van der Waals surface area contributed by atoms with Crippen molar-refractivity contribution in [2.24, 2.45) is 0 Å². The van der Waals surface area contributed by atoms with Gasteiger partial charge in [0.2, 0.25) is 0 Å². The number of aromatic nitrogens is 2. The molecule has 0 aliphatic carbocycles. The Hall–Kier alpha value is -2.10. The molecule has 0 saturated carbocycles. The van der Waals surface area contributed by atoms with Gasteiger partial charge in [0.1, 0.15) is 18.0 Å². The fourth-order valence-corrected chi connectivity index (χ4v) is 1.95. The predicted molar refractivity (Wildman–Crippen MR) is 70.4 cm³/mol. The summed E-state index contributed by atoms with van der Waals surface area (Å²) in [6, 6.07) is 6.00. The molecule has 0 saturated heterocycles. The Kier molecular flexibility index (Phi) is 2.95. The van der Waals surface area contributed by atoms with Gasteiger partial charge in [-0.25, -0.2) is 9.97 Å². The third-order valence-corrected chi connectivity index (χ3v) is 2.62. The van der Waals surface area contributed by atoms with Gasteiger partial charge in [-0.1, -0.05) is 17.7 Å². The van der Waals surface area contributed by atoms with Crippen LogP contribution in [0, 0.1) is 20.8 Å². The lowest BCUT2D eigenvalue weighted by Crippen LogP contribution is -2.00. The van der Waals surface area contributed by atoms with Crippen LogP contribution < -0.4 is 11.1 Å².